The van der Waals surface area contributed by atoms with Crippen LogP contribution in [-0.2, 0) is 17.1 Å². The molecule has 0 radical (unpaired) electrons. The average molecular weight is 309 g/mol. The zero-order chi connectivity index (χ0) is 15.6. The summed E-state index contributed by atoms with van der Waals surface area (Å²) in [6, 6.07) is 6.27. The van der Waals surface area contributed by atoms with Crippen molar-refractivity contribution >= 4 is 27.4 Å². The largest absolute Gasteiger partial charge is 0.381 e. The second-order valence-electron chi connectivity index (χ2n) is 4.28. The number of aryl methyl sites for hydroxylation is 1. The number of carbonyl (C=O) groups is 1. The molecule has 8 nitrogen and oxygen atoms in total. The van der Waals surface area contributed by atoms with Gasteiger partial charge in [-0.15, -0.1) is 0 Å². The number of hydrogen-bond donors (Lipinski definition) is 3. The van der Waals surface area contributed by atoms with Crippen LogP contribution < -0.4 is 15.8 Å². The molecular weight excluding hydrogens is 294 g/mol. The molecule has 1 amide bonds. The minimum Gasteiger partial charge on any atom is -0.381 e. The third kappa shape index (κ3) is 2.82. The van der Waals surface area contributed by atoms with Crippen molar-refractivity contribution in [1.82, 2.24) is 14.9 Å². The third-order valence-corrected chi connectivity index (χ3v) is 4.30. The van der Waals surface area contributed by atoms with Gasteiger partial charge in [-0.3, -0.25) is 9.52 Å². The summed E-state index contributed by atoms with van der Waals surface area (Å²) in [4.78, 5) is 15.5. The number of nitrogen functional groups attached to an aromatic ring is 1. The van der Waals surface area contributed by atoms with Gasteiger partial charge in [0.25, 0.3) is 15.9 Å². The van der Waals surface area contributed by atoms with E-state index in [1.54, 1.807) is 12.1 Å². The number of aromatic nitrogens is 2. The summed E-state index contributed by atoms with van der Waals surface area (Å²) in [5, 5.41) is 2.29. The Bertz CT molecular complexity index is 762. The maximum atomic E-state index is 12.4. The molecule has 0 saturated carbocycles. The first-order valence-corrected chi connectivity index (χ1v) is 7.46. The predicted molar refractivity (Wildman–Crippen MR) is 78.3 cm³/mol. The van der Waals surface area contributed by atoms with Gasteiger partial charge in [0.15, 0.2) is 10.8 Å². The highest BCUT2D eigenvalue weighted by Crippen LogP contribution is 2.22. The molecule has 0 unspecified atom stereocenters. The highest BCUT2D eigenvalue weighted by Gasteiger charge is 2.24. The molecule has 9 heteroatoms. The van der Waals surface area contributed by atoms with Crippen LogP contribution in [-0.4, -0.2) is 30.9 Å². The molecule has 1 aromatic carbocycles. The Hall–Kier alpha value is -2.55. The quantitative estimate of drug-likeness (QED) is 0.743. The van der Waals surface area contributed by atoms with Gasteiger partial charge in [0, 0.05) is 14.1 Å². The molecule has 0 fully saturated rings. The SMILES string of the molecule is CNC(=O)c1ccccc1NS(=O)(=O)c1c(N)ncn1C. The second-order valence-corrected chi connectivity index (χ2v) is 5.87. The van der Waals surface area contributed by atoms with Crippen molar-refractivity contribution in [2.45, 2.75) is 5.03 Å². The number of hydrogen-bond acceptors (Lipinski definition) is 5. The number of benzene rings is 1. The average Bonchev–Trinajstić information content (AvgIpc) is 2.78. The van der Waals surface area contributed by atoms with Crippen LogP contribution in [0.25, 0.3) is 0 Å². The van der Waals surface area contributed by atoms with E-state index in [4.69, 9.17) is 5.73 Å². The number of carbonyl (C=O) groups excluding carboxylic acids is 1. The van der Waals surface area contributed by atoms with E-state index in [2.05, 4.69) is 15.0 Å². The topological polar surface area (TPSA) is 119 Å². The van der Waals surface area contributed by atoms with Crippen LogP contribution in [0.4, 0.5) is 11.5 Å². The molecular formula is C12H15N5O3S. The molecule has 0 atom stereocenters. The lowest BCUT2D eigenvalue weighted by Crippen LogP contribution is -2.23. The van der Waals surface area contributed by atoms with Crippen LogP contribution in [0.15, 0.2) is 35.6 Å². The van der Waals surface area contributed by atoms with Gasteiger partial charge in [0.2, 0.25) is 0 Å². The normalized spacial score (nSPS) is 11.1. The molecule has 112 valence electrons. The number of nitrogens with two attached hydrogens (primary N) is 1. The molecule has 21 heavy (non-hydrogen) atoms. The Kier molecular flexibility index (Phi) is 3.85. The lowest BCUT2D eigenvalue weighted by atomic mass is 10.2. The highest BCUT2D eigenvalue weighted by molar-refractivity contribution is 7.92. The van der Waals surface area contributed by atoms with Gasteiger partial charge >= 0.3 is 0 Å². The summed E-state index contributed by atoms with van der Waals surface area (Å²) >= 11 is 0. The van der Waals surface area contributed by atoms with Gasteiger partial charge in [-0.1, -0.05) is 12.1 Å². The first-order valence-electron chi connectivity index (χ1n) is 5.97. The van der Waals surface area contributed by atoms with Gasteiger partial charge < -0.3 is 15.6 Å². The fraction of sp³-hybridized carbons (Fsp3) is 0.167. The number of amides is 1. The summed E-state index contributed by atoms with van der Waals surface area (Å²) in [6.07, 6.45) is 1.30. The van der Waals surface area contributed by atoms with E-state index < -0.39 is 15.9 Å². The highest BCUT2D eigenvalue weighted by atomic mass is 32.2. The van der Waals surface area contributed by atoms with Crippen LogP contribution in [0.2, 0.25) is 0 Å². The van der Waals surface area contributed by atoms with E-state index in [0.29, 0.717) is 0 Å². The van der Waals surface area contributed by atoms with Crippen molar-refractivity contribution in [2.75, 3.05) is 17.5 Å². The van der Waals surface area contributed by atoms with Gasteiger partial charge in [-0.05, 0) is 12.1 Å². The van der Waals surface area contributed by atoms with Crippen molar-refractivity contribution in [3.05, 3.63) is 36.2 Å². The molecule has 0 spiro atoms. The summed E-state index contributed by atoms with van der Waals surface area (Å²) in [5.41, 5.74) is 5.95. The number of imidazole rings is 1. The zero-order valence-electron chi connectivity index (χ0n) is 11.5. The van der Waals surface area contributed by atoms with Crippen LogP contribution >= 0.6 is 0 Å². The monoisotopic (exact) mass is 309 g/mol. The number of nitrogens with one attached hydrogen (secondary N) is 2. The Balaban J connectivity index is 2.45. The van der Waals surface area contributed by atoms with Gasteiger partial charge in [-0.25, -0.2) is 4.98 Å². The molecule has 1 heterocycles. The number of sulfonamides is 1. The van der Waals surface area contributed by atoms with Crippen LogP contribution in [0.1, 0.15) is 10.4 Å². The van der Waals surface area contributed by atoms with Crippen molar-refractivity contribution in [3.8, 4) is 0 Å². The number of rotatable bonds is 4. The molecule has 0 aliphatic carbocycles. The third-order valence-electron chi connectivity index (χ3n) is 2.81. The maximum absolute atomic E-state index is 12.4. The molecule has 2 aromatic rings. The van der Waals surface area contributed by atoms with Crippen molar-refractivity contribution < 1.29 is 13.2 Å². The number of para-hydroxylation sites is 1. The molecule has 2 rings (SSSR count). The van der Waals surface area contributed by atoms with Crippen molar-refractivity contribution in [3.63, 3.8) is 0 Å². The first-order chi connectivity index (χ1) is 9.86. The van der Waals surface area contributed by atoms with E-state index in [1.807, 2.05) is 0 Å². The second kappa shape index (κ2) is 5.44. The summed E-state index contributed by atoms with van der Waals surface area (Å²) in [5.74, 6) is -0.506. The maximum Gasteiger partial charge on any atom is 0.281 e. The standard InChI is InChI=1S/C12H15N5O3S/c1-14-11(18)8-5-3-4-6-9(8)16-21(19,20)12-10(13)15-7-17(12)2/h3-7,16H,13H2,1-2H3,(H,14,18). The van der Waals surface area contributed by atoms with E-state index >= 15 is 0 Å². The van der Waals surface area contributed by atoms with Crippen LogP contribution in [0.3, 0.4) is 0 Å². The first kappa shape index (κ1) is 14.9. The Labute approximate surface area is 122 Å². The Morgan fingerprint density at radius 3 is 2.57 bits per heavy atom. The smallest absolute Gasteiger partial charge is 0.281 e. The summed E-state index contributed by atoms with van der Waals surface area (Å²) in [7, 11) is -0.969. The number of nitrogens with zero attached hydrogens (tertiary/aromatic N) is 2. The molecule has 0 aliphatic heterocycles. The minimum atomic E-state index is -3.95. The summed E-state index contributed by atoms with van der Waals surface area (Å²) < 4.78 is 28.4. The molecule has 0 bridgehead atoms. The molecule has 0 saturated heterocycles. The van der Waals surface area contributed by atoms with E-state index in [1.165, 1.54) is 37.1 Å². The fourth-order valence-corrected chi connectivity index (χ4v) is 3.18. The fourth-order valence-electron chi connectivity index (χ4n) is 1.86. The summed E-state index contributed by atoms with van der Waals surface area (Å²) in [6.45, 7) is 0. The molecule has 1 aromatic heterocycles. The lowest BCUT2D eigenvalue weighted by molar-refractivity contribution is 0.0964. The van der Waals surface area contributed by atoms with Gasteiger partial charge in [0.05, 0.1) is 17.6 Å². The van der Waals surface area contributed by atoms with E-state index in [0.717, 1.165) is 0 Å². The predicted octanol–water partition coefficient (Wildman–Crippen LogP) is 0.163. The molecule has 4 N–H and O–H groups in total. The lowest BCUT2D eigenvalue weighted by Gasteiger charge is -2.12. The van der Waals surface area contributed by atoms with Gasteiger partial charge in [-0.2, -0.15) is 8.42 Å². The number of anilines is 2. The minimum absolute atomic E-state index is 0.109. The molecule has 0 aliphatic rings. The Morgan fingerprint density at radius 2 is 2.00 bits per heavy atom. The van der Waals surface area contributed by atoms with Crippen LogP contribution in [0.5, 0.6) is 0 Å². The van der Waals surface area contributed by atoms with E-state index in [-0.39, 0.29) is 22.1 Å². The van der Waals surface area contributed by atoms with E-state index in [9.17, 15) is 13.2 Å². The van der Waals surface area contributed by atoms with Crippen LogP contribution in [0, 0.1) is 0 Å². The zero-order valence-corrected chi connectivity index (χ0v) is 12.3. The Morgan fingerprint density at radius 1 is 1.33 bits per heavy atom. The van der Waals surface area contributed by atoms with Crippen molar-refractivity contribution in [2.24, 2.45) is 7.05 Å². The van der Waals surface area contributed by atoms with Crippen molar-refractivity contribution in [1.29, 1.82) is 0 Å². The van der Waals surface area contributed by atoms with Gasteiger partial charge in [0.1, 0.15) is 0 Å².